The van der Waals surface area contributed by atoms with Gasteiger partial charge in [-0.15, -0.1) is 11.8 Å². The quantitative estimate of drug-likeness (QED) is 0.345. The van der Waals surface area contributed by atoms with E-state index in [1.54, 1.807) is 36.0 Å². The van der Waals surface area contributed by atoms with Crippen molar-refractivity contribution in [1.29, 1.82) is 0 Å². The Kier molecular flexibility index (Phi) is 8.13. The summed E-state index contributed by atoms with van der Waals surface area (Å²) in [5.41, 5.74) is 11.6. The lowest BCUT2D eigenvalue weighted by Crippen LogP contribution is -2.43. The van der Waals surface area contributed by atoms with Crippen LogP contribution in [0, 0.1) is 0 Å². The zero-order chi connectivity index (χ0) is 22.9. The van der Waals surface area contributed by atoms with Gasteiger partial charge in [-0.05, 0) is 60.2 Å². The summed E-state index contributed by atoms with van der Waals surface area (Å²) in [4.78, 5) is 36.4. The van der Waals surface area contributed by atoms with Gasteiger partial charge in [-0.1, -0.05) is 29.8 Å². The molecule has 0 fully saturated rings. The zero-order valence-corrected chi connectivity index (χ0v) is 18.4. The first kappa shape index (κ1) is 23.2. The van der Waals surface area contributed by atoms with Crippen molar-refractivity contribution in [3.05, 3.63) is 94.5 Å². The molecule has 0 aromatic heterocycles. The van der Waals surface area contributed by atoms with E-state index < -0.39 is 17.7 Å². The first-order valence-corrected chi connectivity index (χ1v) is 10.9. The Morgan fingerprint density at radius 2 is 1.62 bits per heavy atom. The van der Waals surface area contributed by atoms with Crippen molar-refractivity contribution in [2.75, 3.05) is 6.61 Å². The fourth-order valence-electron chi connectivity index (χ4n) is 2.57. The van der Waals surface area contributed by atoms with Crippen molar-refractivity contribution in [3.8, 4) is 5.75 Å². The Morgan fingerprint density at radius 1 is 0.906 bits per heavy atom. The summed E-state index contributed by atoms with van der Waals surface area (Å²) in [6.07, 6.45) is 0. The summed E-state index contributed by atoms with van der Waals surface area (Å²) in [6.45, 7) is -0.344. The summed E-state index contributed by atoms with van der Waals surface area (Å²) in [6, 6.07) is 20.8. The molecule has 0 spiro atoms. The minimum absolute atomic E-state index is 0.270. The fourth-order valence-corrected chi connectivity index (χ4v) is 3.55. The topological polar surface area (TPSA) is 111 Å². The molecule has 0 radical (unpaired) electrons. The molecule has 164 valence electrons. The minimum Gasteiger partial charge on any atom is -0.484 e. The molecule has 3 amide bonds. The van der Waals surface area contributed by atoms with Gasteiger partial charge < -0.3 is 10.5 Å². The Bertz CT molecular complexity index is 1100. The third-order valence-corrected chi connectivity index (χ3v) is 5.57. The maximum Gasteiger partial charge on any atom is 0.276 e. The number of rotatable bonds is 8. The van der Waals surface area contributed by atoms with Crippen LogP contribution >= 0.6 is 23.4 Å². The van der Waals surface area contributed by atoms with Gasteiger partial charge in [-0.2, -0.15) is 0 Å². The van der Waals surface area contributed by atoms with Gasteiger partial charge >= 0.3 is 0 Å². The molecule has 0 aliphatic rings. The lowest BCUT2D eigenvalue weighted by Gasteiger charge is -2.10. The lowest BCUT2D eigenvalue weighted by molar-refractivity contribution is -0.123. The molecule has 0 unspecified atom stereocenters. The first-order valence-electron chi connectivity index (χ1n) is 9.50. The number of hydrazine groups is 1. The number of primary amides is 1. The average Bonchev–Trinajstić information content (AvgIpc) is 2.81. The van der Waals surface area contributed by atoms with Crippen LogP contribution in [0.15, 0.2) is 77.7 Å². The van der Waals surface area contributed by atoms with Crippen LogP contribution in [0.5, 0.6) is 5.75 Å². The van der Waals surface area contributed by atoms with Gasteiger partial charge in [0.1, 0.15) is 5.75 Å². The van der Waals surface area contributed by atoms with Crippen molar-refractivity contribution in [3.63, 3.8) is 0 Å². The largest absolute Gasteiger partial charge is 0.484 e. The van der Waals surface area contributed by atoms with Gasteiger partial charge in [0.05, 0.1) is 0 Å². The van der Waals surface area contributed by atoms with Crippen LogP contribution in [0.2, 0.25) is 5.02 Å². The maximum atomic E-state index is 12.2. The van der Waals surface area contributed by atoms with E-state index in [4.69, 9.17) is 22.1 Å². The summed E-state index contributed by atoms with van der Waals surface area (Å²) in [5.74, 6) is -0.546. The summed E-state index contributed by atoms with van der Waals surface area (Å²) in [5, 5.41) is 0.695. The van der Waals surface area contributed by atoms with Gasteiger partial charge in [0.15, 0.2) is 6.61 Å². The summed E-state index contributed by atoms with van der Waals surface area (Å²) < 4.78 is 5.30. The maximum absolute atomic E-state index is 12.2. The van der Waals surface area contributed by atoms with Crippen LogP contribution in [-0.2, 0) is 10.5 Å². The van der Waals surface area contributed by atoms with Crippen LogP contribution < -0.4 is 21.3 Å². The highest BCUT2D eigenvalue weighted by Crippen LogP contribution is 2.24. The second-order valence-corrected chi connectivity index (χ2v) is 8.11. The van der Waals surface area contributed by atoms with E-state index in [0.29, 0.717) is 16.3 Å². The Morgan fingerprint density at radius 3 is 2.31 bits per heavy atom. The van der Waals surface area contributed by atoms with E-state index in [1.165, 1.54) is 12.1 Å². The highest BCUT2D eigenvalue weighted by atomic mass is 35.5. The van der Waals surface area contributed by atoms with Crippen molar-refractivity contribution >= 4 is 41.1 Å². The van der Waals surface area contributed by atoms with E-state index in [1.807, 2.05) is 36.4 Å². The van der Waals surface area contributed by atoms with Crippen LogP contribution in [0.3, 0.4) is 0 Å². The molecule has 4 N–H and O–H groups in total. The normalized spacial score (nSPS) is 10.3. The van der Waals surface area contributed by atoms with Crippen molar-refractivity contribution in [2.45, 2.75) is 10.6 Å². The number of thioether (sulfide) groups is 1. The van der Waals surface area contributed by atoms with Crippen molar-refractivity contribution in [2.24, 2.45) is 5.73 Å². The molecule has 7 nitrogen and oxygen atoms in total. The number of carbonyl (C=O) groups excluding carboxylic acids is 3. The molecule has 3 rings (SSSR count). The number of hydrogen-bond acceptors (Lipinski definition) is 5. The number of nitrogens with one attached hydrogen (secondary N) is 2. The molecule has 0 heterocycles. The van der Waals surface area contributed by atoms with E-state index >= 15 is 0 Å². The van der Waals surface area contributed by atoms with E-state index in [0.717, 1.165) is 16.2 Å². The number of carbonyl (C=O) groups is 3. The molecule has 32 heavy (non-hydrogen) atoms. The zero-order valence-electron chi connectivity index (χ0n) is 16.8. The second-order valence-electron chi connectivity index (χ2n) is 6.62. The average molecular weight is 470 g/mol. The molecule has 0 bridgehead atoms. The molecule has 3 aromatic carbocycles. The van der Waals surface area contributed by atoms with Gasteiger partial charge in [-0.3, -0.25) is 25.2 Å². The molecule has 0 atom stereocenters. The summed E-state index contributed by atoms with van der Waals surface area (Å²) in [7, 11) is 0. The van der Waals surface area contributed by atoms with Gasteiger partial charge in [0.25, 0.3) is 11.8 Å². The first-order chi connectivity index (χ1) is 15.4. The predicted molar refractivity (Wildman–Crippen MR) is 124 cm³/mol. The van der Waals surface area contributed by atoms with E-state index in [9.17, 15) is 14.4 Å². The van der Waals surface area contributed by atoms with Crippen molar-refractivity contribution in [1.82, 2.24) is 10.9 Å². The van der Waals surface area contributed by atoms with Crippen molar-refractivity contribution < 1.29 is 19.1 Å². The highest BCUT2D eigenvalue weighted by Gasteiger charge is 2.09. The Balaban J connectivity index is 1.43. The standard InChI is InChI=1S/C23H20ClN3O4S/c24-18-8-10-20(11-9-18)32-14-15-4-6-16(7-5-15)23(30)27-26-21(28)13-31-19-3-1-2-17(12-19)22(25)29/h1-12H,13-14H2,(H2,25,29)(H,26,28)(H,27,30). The van der Waals surface area contributed by atoms with Crippen LogP contribution in [0.4, 0.5) is 0 Å². The molecule has 0 saturated heterocycles. The monoisotopic (exact) mass is 469 g/mol. The number of ether oxygens (including phenoxy) is 1. The number of hydrogen-bond donors (Lipinski definition) is 3. The third kappa shape index (κ3) is 7.04. The predicted octanol–water partition coefficient (Wildman–Crippen LogP) is 3.57. The molecule has 0 aliphatic heterocycles. The number of nitrogens with two attached hydrogens (primary N) is 1. The minimum atomic E-state index is -0.596. The Labute approximate surface area is 194 Å². The molecular formula is C23H20ClN3O4S. The second kappa shape index (κ2) is 11.2. The van der Waals surface area contributed by atoms with E-state index in [2.05, 4.69) is 10.9 Å². The van der Waals surface area contributed by atoms with Gasteiger partial charge in [0.2, 0.25) is 5.91 Å². The summed E-state index contributed by atoms with van der Waals surface area (Å²) >= 11 is 7.55. The number of halogens is 1. The molecular weight excluding hydrogens is 450 g/mol. The third-order valence-electron chi connectivity index (χ3n) is 4.24. The van der Waals surface area contributed by atoms with Gasteiger partial charge in [0, 0.05) is 26.8 Å². The number of benzene rings is 3. The number of amides is 3. The molecule has 0 saturated carbocycles. The highest BCUT2D eigenvalue weighted by molar-refractivity contribution is 7.98. The molecule has 3 aromatic rings. The van der Waals surface area contributed by atoms with Crippen LogP contribution in [0.25, 0.3) is 0 Å². The lowest BCUT2D eigenvalue weighted by atomic mass is 10.1. The molecule has 9 heteroatoms. The molecule has 0 aliphatic carbocycles. The smallest absolute Gasteiger partial charge is 0.276 e. The van der Waals surface area contributed by atoms with Gasteiger partial charge in [-0.25, -0.2) is 0 Å². The Hall–Kier alpha value is -3.49. The van der Waals surface area contributed by atoms with Crippen LogP contribution in [-0.4, -0.2) is 24.3 Å². The SMILES string of the molecule is NC(=O)c1cccc(OCC(=O)NNC(=O)c2ccc(CSc3ccc(Cl)cc3)cc2)c1. The van der Waals surface area contributed by atoms with E-state index in [-0.39, 0.29) is 12.2 Å². The fraction of sp³-hybridized carbons (Fsp3) is 0.0870. The van der Waals surface area contributed by atoms with Crippen LogP contribution in [0.1, 0.15) is 26.3 Å².